The number of anilines is 1. The highest BCUT2D eigenvalue weighted by atomic mass is 32.1. The third kappa shape index (κ3) is 3.45. The van der Waals surface area contributed by atoms with Crippen LogP contribution >= 0.6 is 11.3 Å². The highest BCUT2D eigenvalue weighted by Gasteiger charge is 2.30. The van der Waals surface area contributed by atoms with Crippen LogP contribution in [0.2, 0.25) is 0 Å². The molecule has 0 bridgehead atoms. The molecule has 26 heavy (non-hydrogen) atoms. The average Bonchev–Trinajstić information content (AvgIpc) is 3.27. The van der Waals surface area contributed by atoms with Crippen LogP contribution in [-0.2, 0) is 4.79 Å². The molecule has 5 nitrogen and oxygen atoms in total. The van der Waals surface area contributed by atoms with E-state index < -0.39 is 0 Å². The quantitative estimate of drug-likeness (QED) is 0.763. The summed E-state index contributed by atoms with van der Waals surface area (Å²) in [4.78, 5) is 19.4. The number of nitrogens with zero attached hydrogens (tertiary/aromatic N) is 3. The van der Waals surface area contributed by atoms with Gasteiger partial charge in [-0.1, -0.05) is 18.2 Å². The van der Waals surface area contributed by atoms with Gasteiger partial charge in [-0.25, -0.2) is 4.98 Å². The van der Waals surface area contributed by atoms with E-state index in [0.29, 0.717) is 17.8 Å². The number of aromatic nitrogens is 1. The van der Waals surface area contributed by atoms with E-state index in [2.05, 4.69) is 22.4 Å². The molecule has 0 saturated carbocycles. The fourth-order valence-electron chi connectivity index (χ4n) is 3.38. The van der Waals surface area contributed by atoms with E-state index in [1.807, 2.05) is 18.2 Å². The Kier molecular flexibility index (Phi) is 4.65. The van der Waals surface area contributed by atoms with E-state index in [0.717, 1.165) is 29.9 Å². The Morgan fingerprint density at radius 3 is 3.04 bits per heavy atom. The monoisotopic (exact) mass is 362 g/mol. The van der Waals surface area contributed by atoms with Crippen molar-refractivity contribution in [3.8, 4) is 6.07 Å². The van der Waals surface area contributed by atoms with Crippen LogP contribution in [0.3, 0.4) is 0 Å². The largest absolute Gasteiger partial charge is 0.325 e. The number of carbonyl (C=O) groups is 1. The zero-order chi connectivity index (χ0) is 17.9. The molecule has 0 unspecified atom stereocenters. The van der Waals surface area contributed by atoms with E-state index in [1.54, 1.807) is 35.6 Å². The Morgan fingerprint density at radius 1 is 1.31 bits per heavy atom. The zero-order valence-electron chi connectivity index (χ0n) is 14.2. The Hall–Kier alpha value is -2.75. The highest BCUT2D eigenvalue weighted by Crippen LogP contribution is 2.36. The first-order chi connectivity index (χ1) is 12.7. The number of fused-ring (bicyclic) bond motifs is 1. The first kappa shape index (κ1) is 16.7. The van der Waals surface area contributed by atoms with Crippen molar-refractivity contribution >= 4 is 33.1 Å². The number of amides is 1. The Labute approximate surface area is 155 Å². The van der Waals surface area contributed by atoms with Crippen molar-refractivity contribution in [1.29, 1.82) is 5.26 Å². The molecule has 1 aromatic heterocycles. The molecule has 1 aliphatic heterocycles. The second-order valence-electron chi connectivity index (χ2n) is 6.39. The van der Waals surface area contributed by atoms with Gasteiger partial charge in [0, 0.05) is 5.69 Å². The van der Waals surface area contributed by atoms with Gasteiger partial charge in [-0.05, 0) is 49.7 Å². The van der Waals surface area contributed by atoms with Crippen LogP contribution in [0.5, 0.6) is 0 Å². The van der Waals surface area contributed by atoms with Crippen LogP contribution in [0, 0.1) is 11.3 Å². The Balaban J connectivity index is 1.46. The SMILES string of the molecule is N#Cc1cccc(NC(=O)CN2CCC[C@H]2c2nc3ccccc3s2)c1. The summed E-state index contributed by atoms with van der Waals surface area (Å²) >= 11 is 1.71. The maximum absolute atomic E-state index is 12.5. The number of carbonyl (C=O) groups excluding carboxylic acids is 1. The number of benzene rings is 2. The second-order valence-corrected chi connectivity index (χ2v) is 7.45. The highest BCUT2D eigenvalue weighted by molar-refractivity contribution is 7.18. The second kappa shape index (κ2) is 7.24. The van der Waals surface area contributed by atoms with Gasteiger partial charge >= 0.3 is 0 Å². The fraction of sp³-hybridized carbons (Fsp3) is 0.250. The van der Waals surface area contributed by atoms with Gasteiger partial charge in [0.05, 0.1) is 34.4 Å². The van der Waals surface area contributed by atoms with Crippen LogP contribution in [0.15, 0.2) is 48.5 Å². The maximum atomic E-state index is 12.5. The zero-order valence-corrected chi connectivity index (χ0v) is 15.0. The lowest BCUT2D eigenvalue weighted by Crippen LogP contribution is -2.32. The Bertz CT molecular complexity index is 958. The number of likely N-dealkylation sites (tertiary alicyclic amines) is 1. The number of nitriles is 1. The van der Waals surface area contributed by atoms with Gasteiger partial charge in [-0.2, -0.15) is 5.26 Å². The first-order valence-electron chi connectivity index (χ1n) is 8.62. The molecule has 1 aliphatic rings. The molecular weight excluding hydrogens is 344 g/mol. The van der Waals surface area contributed by atoms with Crippen molar-refractivity contribution in [2.75, 3.05) is 18.4 Å². The number of hydrogen-bond donors (Lipinski definition) is 1. The summed E-state index contributed by atoms with van der Waals surface area (Å²) in [6, 6.07) is 17.4. The first-order valence-corrected chi connectivity index (χ1v) is 9.44. The lowest BCUT2D eigenvalue weighted by molar-refractivity contribution is -0.117. The fourth-order valence-corrected chi connectivity index (χ4v) is 4.52. The summed E-state index contributed by atoms with van der Waals surface area (Å²) in [5.41, 5.74) is 2.22. The third-order valence-electron chi connectivity index (χ3n) is 4.58. The summed E-state index contributed by atoms with van der Waals surface area (Å²) in [7, 11) is 0. The third-order valence-corrected chi connectivity index (χ3v) is 5.72. The van der Waals surface area contributed by atoms with Gasteiger partial charge in [0.2, 0.25) is 5.91 Å². The summed E-state index contributed by atoms with van der Waals surface area (Å²) < 4.78 is 1.19. The Morgan fingerprint density at radius 2 is 2.19 bits per heavy atom. The molecule has 6 heteroatoms. The van der Waals surface area contributed by atoms with Crippen molar-refractivity contribution in [3.63, 3.8) is 0 Å². The molecular formula is C20H18N4OS. The molecule has 0 aliphatic carbocycles. The van der Waals surface area contributed by atoms with E-state index in [4.69, 9.17) is 10.2 Å². The minimum atomic E-state index is -0.0619. The van der Waals surface area contributed by atoms with Crippen molar-refractivity contribution in [1.82, 2.24) is 9.88 Å². The van der Waals surface area contributed by atoms with Gasteiger partial charge in [-0.3, -0.25) is 9.69 Å². The van der Waals surface area contributed by atoms with Crippen LogP contribution in [0.25, 0.3) is 10.2 Å². The van der Waals surface area contributed by atoms with Crippen LogP contribution in [-0.4, -0.2) is 28.9 Å². The van der Waals surface area contributed by atoms with Gasteiger partial charge in [0.1, 0.15) is 5.01 Å². The molecule has 1 saturated heterocycles. The summed E-state index contributed by atoms with van der Waals surface area (Å²) in [6.45, 7) is 1.23. The molecule has 2 aromatic carbocycles. The standard InChI is InChI=1S/C20H18N4OS/c21-12-14-5-3-6-15(11-14)22-19(25)13-24-10-4-8-17(24)20-23-16-7-1-2-9-18(16)26-20/h1-3,5-7,9,11,17H,4,8,10,13H2,(H,22,25)/t17-/m0/s1. The minimum absolute atomic E-state index is 0.0619. The van der Waals surface area contributed by atoms with Crippen molar-refractivity contribution in [2.45, 2.75) is 18.9 Å². The maximum Gasteiger partial charge on any atom is 0.238 e. The normalized spacial score (nSPS) is 17.3. The molecule has 0 radical (unpaired) electrons. The summed E-state index contributed by atoms with van der Waals surface area (Å²) in [5, 5.41) is 12.9. The smallest absolute Gasteiger partial charge is 0.238 e. The van der Waals surface area contributed by atoms with E-state index in [-0.39, 0.29) is 11.9 Å². The van der Waals surface area contributed by atoms with Crippen LogP contribution < -0.4 is 5.32 Å². The number of nitrogens with one attached hydrogen (secondary N) is 1. The van der Waals surface area contributed by atoms with E-state index in [9.17, 15) is 4.79 Å². The number of thiazole rings is 1. The van der Waals surface area contributed by atoms with Crippen molar-refractivity contribution in [2.24, 2.45) is 0 Å². The molecule has 3 aromatic rings. The summed E-state index contributed by atoms with van der Waals surface area (Å²) in [6.07, 6.45) is 2.09. The van der Waals surface area contributed by atoms with Gasteiger partial charge in [-0.15, -0.1) is 11.3 Å². The molecule has 4 rings (SSSR count). The van der Waals surface area contributed by atoms with E-state index in [1.165, 1.54) is 4.70 Å². The predicted molar refractivity (Wildman–Crippen MR) is 103 cm³/mol. The summed E-state index contributed by atoms with van der Waals surface area (Å²) in [5.74, 6) is -0.0619. The molecule has 1 N–H and O–H groups in total. The van der Waals surface area contributed by atoms with Gasteiger partial charge in [0.25, 0.3) is 0 Å². The molecule has 130 valence electrons. The van der Waals surface area contributed by atoms with E-state index >= 15 is 0 Å². The van der Waals surface area contributed by atoms with Crippen LogP contribution in [0.1, 0.15) is 29.5 Å². The molecule has 1 fully saturated rings. The van der Waals surface area contributed by atoms with Gasteiger partial charge in [0.15, 0.2) is 0 Å². The van der Waals surface area contributed by atoms with Crippen LogP contribution in [0.4, 0.5) is 5.69 Å². The molecule has 1 atom stereocenters. The molecule has 2 heterocycles. The number of para-hydroxylation sites is 1. The average molecular weight is 362 g/mol. The topological polar surface area (TPSA) is 69.0 Å². The molecule has 1 amide bonds. The minimum Gasteiger partial charge on any atom is -0.325 e. The molecule has 0 spiro atoms. The lowest BCUT2D eigenvalue weighted by atomic mass is 10.2. The van der Waals surface area contributed by atoms with Gasteiger partial charge < -0.3 is 5.32 Å². The van der Waals surface area contributed by atoms with Crippen molar-refractivity contribution < 1.29 is 4.79 Å². The van der Waals surface area contributed by atoms with Crippen molar-refractivity contribution in [3.05, 3.63) is 59.1 Å². The predicted octanol–water partition coefficient (Wildman–Crippen LogP) is 3.94. The lowest BCUT2D eigenvalue weighted by Gasteiger charge is -2.22. The number of hydrogen-bond acceptors (Lipinski definition) is 5. The number of rotatable bonds is 4.